The van der Waals surface area contributed by atoms with E-state index in [1.165, 1.54) is 0 Å². The van der Waals surface area contributed by atoms with E-state index in [9.17, 15) is 13.2 Å². The normalized spacial score (nSPS) is 9.85. The summed E-state index contributed by atoms with van der Waals surface area (Å²) >= 11 is 8.14. The molecule has 1 rings (SSSR count). The first-order valence-corrected chi connectivity index (χ1v) is 4.01. The van der Waals surface area contributed by atoms with E-state index in [1.54, 1.807) is 0 Å². The van der Waals surface area contributed by atoms with Crippen LogP contribution in [0.25, 0.3) is 0 Å². The van der Waals surface area contributed by atoms with Crippen molar-refractivity contribution in [3.63, 3.8) is 0 Å². The highest BCUT2D eigenvalue weighted by atomic mass is 32.1. The second kappa shape index (κ2) is 3.97. The van der Waals surface area contributed by atoms with Crippen LogP contribution in [-0.4, -0.2) is 4.32 Å². The van der Waals surface area contributed by atoms with Crippen molar-refractivity contribution in [2.75, 3.05) is 5.32 Å². The molecule has 0 spiro atoms. The molecule has 0 radical (unpaired) electrons. The summed E-state index contributed by atoms with van der Waals surface area (Å²) in [5.74, 6) is -4.08. The highest BCUT2D eigenvalue weighted by Gasteiger charge is 2.12. The lowest BCUT2D eigenvalue weighted by molar-refractivity contribution is 0.449. The molecule has 1 nitrogen and oxygen atoms in total. The van der Waals surface area contributed by atoms with E-state index in [0.29, 0.717) is 0 Å². The number of thiol groups is 1. The average molecular weight is 223 g/mol. The summed E-state index contributed by atoms with van der Waals surface area (Å²) in [5.41, 5.74) is -0.237. The largest absolute Gasteiger partial charge is 0.339 e. The summed E-state index contributed by atoms with van der Waals surface area (Å²) in [4.78, 5) is 0. The predicted molar refractivity (Wildman–Crippen MR) is 51.5 cm³/mol. The molecule has 0 saturated heterocycles. The number of rotatable bonds is 1. The molecule has 0 aliphatic heterocycles. The summed E-state index contributed by atoms with van der Waals surface area (Å²) in [6.45, 7) is 0. The first kappa shape index (κ1) is 10.3. The van der Waals surface area contributed by atoms with Crippen LogP contribution >= 0.6 is 24.8 Å². The standard InChI is InChI=1S/C7H4F3NS2/c8-3-1-2-4(11-7(12)13)6(10)5(3)9/h1-2H,(H2,11,12,13). The van der Waals surface area contributed by atoms with Crippen LogP contribution in [0.1, 0.15) is 0 Å². The number of thiocarbonyl (C=S) groups is 1. The molecular formula is C7H4F3NS2. The molecule has 13 heavy (non-hydrogen) atoms. The van der Waals surface area contributed by atoms with Gasteiger partial charge < -0.3 is 5.32 Å². The number of benzene rings is 1. The molecule has 0 bridgehead atoms. The van der Waals surface area contributed by atoms with Crippen LogP contribution in [0.5, 0.6) is 0 Å². The first-order chi connectivity index (χ1) is 6.02. The van der Waals surface area contributed by atoms with Crippen molar-refractivity contribution < 1.29 is 13.2 Å². The van der Waals surface area contributed by atoms with Crippen molar-refractivity contribution in [3.8, 4) is 0 Å². The van der Waals surface area contributed by atoms with Crippen molar-refractivity contribution in [2.24, 2.45) is 0 Å². The maximum absolute atomic E-state index is 12.9. The summed E-state index contributed by atoms with van der Waals surface area (Å²) in [7, 11) is 0. The maximum atomic E-state index is 12.9. The van der Waals surface area contributed by atoms with Crippen LogP contribution in [0, 0.1) is 17.5 Å². The lowest BCUT2D eigenvalue weighted by Crippen LogP contribution is -2.05. The lowest BCUT2D eigenvalue weighted by Gasteiger charge is -2.05. The number of anilines is 1. The zero-order valence-corrected chi connectivity index (χ0v) is 7.85. The van der Waals surface area contributed by atoms with Gasteiger partial charge in [0.2, 0.25) is 0 Å². The second-order valence-electron chi connectivity index (χ2n) is 2.15. The molecule has 0 atom stereocenters. The predicted octanol–water partition coefficient (Wildman–Crippen LogP) is 2.73. The fourth-order valence-corrected chi connectivity index (χ4v) is 0.968. The van der Waals surface area contributed by atoms with Gasteiger partial charge in [-0.05, 0) is 12.1 Å². The van der Waals surface area contributed by atoms with Crippen LogP contribution in [0.2, 0.25) is 0 Å². The second-order valence-corrected chi connectivity index (χ2v) is 3.31. The minimum atomic E-state index is -1.53. The third-order valence-electron chi connectivity index (χ3n) is 1.28. The van der Waals surface area contributed by atoms with Crippen molar-refractivity contribution >= 4 is 34.9 Å². The van der Waals surface area contributed by atoms with Crippen LogP contribution in [-0.2, 0) is 0 Å². The molecule has 0 heterocycles. The van der Waals surface area contributed by atoms with Crippen LogP contribution in [0.15, 0.2) is 12.1 Å². The van der Waals surface area contributed by atoms with E-state index >= 15 is 0 Å². The summed E-state index contributed by atoms with van der Waals surface area (Å²) in [5, 5.41) is 2.26. The summed E-state index contributed by atoms with van der Waals surface area (Å²) in [6, 6.07) is 1.84. The van der Waals surface area contributed by atoms with Crippen LogP contribution < -0.4 is 5.32 Å². The molecule has 0 unspecified atom stereocenters. The quantitative estimate of drug-likeness (QED) is 0.431. The Morgan fingerprint density at radius 3 is 2.38 bits per heavy atom. The maximum Gasteiger partial charge on any atom is 0.196 e. The average Bonchev–Trinajstić information content (AvgIpc) is 2.06. The van der Waals surface area contributed by atoms with E-state index in [-0.39, 0.29) is 10.0 Å². The Kier molecular flexibility index (Phi) is 3.16. The molecule has 0 amide bonds. The topological polar surface area (TPSA) is 12.0 Å². The SMILES string of the molecule is Fc1ccc(NC(=S)S)c(F)c1F. The van der Waals surface area contributed by atoms with Crippen LogP contribution in [0.4, 0.5) is 18.9 Å². The number of halogens is 3. The van der Waals surface area contributed by atoms with Crippen molar-refractivity contribution in [3.05, 3.63) is 29.6 Å². The molecule has 0 aromatic heterocycles. The Morgan fingerprint density at radius 1 is 1.23 bits per heavy atom. The Balaban J connectivity index is 3.10. The van der Waals surface area contributed by atoms with Gasteiger partial charge in [0.05, 0.1) is 5.69 Å². The summed E-state index contributed by atoms with van der Waals surface area (Å²) < 4.78 is 37.8. The van der Waals surface area contributed by atoms with Gasteiger partial charge in [-0.25, -0.2) is 13.2 Å². The van der Waals surface area contributed by atoms with E-state index in [0.717, 1.165) is 12.1 Å². The van der Waals surface area contributed by atoms with E-state index in [1.807, 2.05) is 0 Å². The van der Waals surface area contributed by atoms with Gasteiger partial charge in [0.1, 0.15) is 4.32 Å². The molecule has 0 fully saturated rings. The van der Waals surface area contributed by atoms with Gasteiger partial charge >= 0.3 is 0 Å². The van der Waals surface area contributed by atoms with Gasteiger partial charge in [-0.3, -0.25) is 0 Å². The van der Waals surface area contributed by atoms with Gasteiger partial charge in [-0.15, -0.1) is 12.6 Å². The number of nitrogens with one attached hydrogen (secondary N) is 1. The summed E-state index contributed by atoms with van der Waals surface area (Å²) in [6.07, 6.45) is 0. The van der Waals surface area contributed by atoms with Crippen molar-refractivity contribution in [1.82, 2.24) is 0 Å². The van der Waals surface area contributed by atoms with Gasteiger partial charge in [0.25, 0.3) is 0 Å². The fourth-order valence-electron chi connectivity index (χ4n) is 0.738. The molecule has 0 aliphatic carbocycles. The molecular weight excluding hydrogens is 219 g/mol. The minimum Gasteiger partial charge on any atom is -0.339 e. The number of hydrogen-bond donors (Lipinski definition) is 2. The Labute approximate surface area is 83.4 Å². The van der Waals surface area contributed by atoms with Crippen LogP contribution in [0.3, 0.4) is 0 Å². The Bertz CT molecular complexity index is 354. The van der Waals surface area contributed by atoms with Gasteiger partial charge in [-0.2, -0.15) is 0 Å². The Hall–Kier alpha value is -0.750. The van der Waals surface area contributed by atoms with Crippen molar-refractivity contribution in [1.29, 1.82) is 0 Å². The zero-order chi connectivity index (χ0) is 10.0. The molecule has 6 heteroatoms. The third-order valence-corrected chi connectivity index (χ3v) is 1.49. The van der Waals surface area contributed by atoms with E-state index in [4.69, 9.17) is 0 Å². The van der Waals surface area contributed by atoms with Gasteiger partial charge in [0, 0.05) is 0 Å². The molecule has 0 aliphatic rings. The monoisotopic (exact) mass is 223 g/mol. The Morgan fingerprint density at radius 2 is 1.85 bits per heavy atom. The minimum absolute atomic E-state index is 0.0232. The smallest absolute Gasteiger partial charge is 0.196 e. The molecule has 1 aromatic rings. The zero-order valence-electron chi connectivity index (χ0n) is 6.14. The highest BCUT2D eigenvalue weighted by molar-refractivity contribution is 8.11. The fraction of sp³-hybridized carbons (Fsp3) is 0. The molecule has 70 valence electrons. The van der Waals surface area contributed by atoms with Gasteiger partial charge in [0.15, 0.2) is 17.5 Å². The molecule has 0 saturated carbocycles. The number of hydrogen-bond acceptors (Lipinski definition) is 1. The van der Waals surface area contributed by atoms with Crippen molar-refractivity contribution in [2.45, 2.75) is 0 Å². The van der Waals surface area contributed by atoms with E-state index < -0.39 is 17.5 Å². The molecule has 1 aromatic carbocycles. The highest BCUT2D eigenvalue weighted by Crippen LogP contribution is 2.19. The third kappa shape index (κ3) is 2.35. The van der Waals surface area contributed by atoms with E-state index in [2.05, 4.69) is 30.2 Å². The molecule has 1 N–H and O–H groups in total. The lowest BCUT2D eigenvalue weighted by atomic mass is 10.3. The first-order valence-electron chi connectivity index (χ1n) is 3.16. The van der Waals surface area contributed by atoms with Gasteiger partial charge in [-0.1, -0.05) is 12.2 Å².